The molecule has 1 heterocycles. The van der Waals surface area contributed by atoms with Gasteiger partial charge in [-0.25, -0.2) is 4.39 Å². The van der Waals surface area contributed by atoms with Crippen molar-refractivity contribution < 1.29 is 4.39 Å². The number of nitrogens with zero attached hydrogens (tertiary/aromatic N) is 1. The van der Waals surface area contributed by atoms with Crippen LogP contribution in [0.4, 0.5) is 4.39 Å². The Kier molecular flexibility index (Phi) is 3.11. The summed E-state index contributed by atoms with van der Waals surface area (Å²) in [6.45, 7) is 1.98. The average molecular weight is 279 g/mol. The molecule has 1 unspecified atom stereocenters. The number of hydrogen-bond donors (Lipinski definition) is 1. The first kappa shape index (κ1) is 12.7. The molecule has 1 atom stereocenters. The molecule has 0 fully saturated rings. The van der Waals surface area contributed by atoms with Crippen molar-refractivity contribution in [2.45, 2.75) is 32.2 Å². The number of rotatable bonds is 1. The Balaban J connectivity index is 2.23. The van der Waals surface area contributed by atoms with Gasteiger partial charge in [0.05, 0.1) is 10.7 Å². The largest absolute Gasteiger partial charge is 0.324 e. The Labute approximate surface area is 117 Å². The number of nitrogens with two attached hydrogens (primary N) is 1. The lowest BCUT2D eigenvalue weighted by molar-refractivity contribution is 0.555. The Morgan fingerprint density at radius 1 is 1.42 bits per heavy atom. The van der Waals surface area contributed by atoms with Gasteiger partial charge >= 0.3 is 0 Å². The molecule has 2 N–H and O–H groups in total. The fraction of sp³-hybridized carbons (Fsp3) is 0.333. The van der Waals surface area contributed by atoms with Gasteiger partial charge in [0.1, 0.15) is 0 Å². The van der Waals surface area contributed by atoms with Crippen LogP contribution >= 0.6 is 11.6 Å². The molecule has 0 saturated carbocycles. The first-order valence-corrected chi connectivity index (χ1v) is 6.88. The number of aromatic nitrogens is 1. The molecule has 0 bridgehead atoms. The fourth-order valence-electron chi connectivity index (χ4n) is 2.94. The maximum absolute atomic E-state index is 14.2. The van der Waals surface area contributed by atoms with Crippen LogP contribution in [-0.2, 0) is 6.42 Å². The summed E-state index contributed by atoms with van der Waals surface area (Å²) >= 11 is 5.88. The highest BCUT2D eigenvalue weighted by Crippen LogP contribution is 2.34. The summed E-state index contributed by atoms with van der Waals surface area (Å²) in [5.41, 5.74) is 9.92. The molecule has 0 radical (unpaired) electrons. The van der Waals surface area contributed by atoms with Gasteiger partial charge in [-0.05, 0) is 49.9 Å². The van der Waals surface area contributed by atoms with Crippen LogP contribution in [0.25, 0.3) is 5.69 Å². The molecular weight excluding hydrogens is 263 g/mol. The van der Waals surface area contributed by atoms with Crippen molar-refractivity contribution in [1.82, 2.24) is 4.57 Å². The molecule has 2 aromatic rings. The van der Waals surface area contributed by atoms with Crippen LogP contribution < -0.4 is 5.73 Å². The van der Waals surface area contributed by atoms with E-state index in [4.69, 9.17) is 17.3 Å². The topological polar surface area (TPSA) is 30.9 Å². The zero-order valence-electron chi connectivity index (χ0n) is 10.8. The van der Waals surface area contributed by atoms with E-state index < -0.39 is 0 Å². The van der Waals surface area contributed by atoms with E-state index in [0.29, 0.717) is 5.69 Å². The second-order valence-electron chi connectivity index (χ2n) is 5.09. The molecular formula is C15H16ClFN2. The zero-order valence-corrected chi connectivity index (χ0v) is 11.5. The van der Waals surface area contributed by atoms with E-state index >= 15 is 0 Å². The monoisotopic (exact) mass is 278 g/mol. The van der Waals surface area contributed by atoms with Crippen LogP contribution in [-0.4, -0.2) is 4.57 Å². The Bertz CT molecular complexity index is 633. The lowest BCUT2D eigenvalue weighted by atomic mass is 9.93. The van der Waals surface area contributed by atoms with Crippen molar-refractivity contribution in [3.8, 4) is 5.69 Å². The molecule has 100 valence electrons. The quantitative estimate of drug-likeness (QED) is 0.842. The van der Waals surface area contributed by atoms with Crippen LogP contribution in [0.15, 0.2) is 24.3 Å². The van der Waals surface area contributed by atoms with Gasteiger partial charge < -0.3 is 10.3 Å². The van der Waals surface area contributed by atoms with Gasteiger partial charge in [-0.1, -0.05) is 17.7 Å². The molecule has 1 aliphatic carbocycles. The molecule has 0 amide bonds. The summed E-state index contributed by atoms with van der Waals surface area (Å²) in [7, 11) is 0. The summed E-state index contributed by atoms with van der Waals surface area (Å²) in [6, 6.07) is 7.23. The van der Waals surface area contributed by atoms with Gasteiger partial charge in [0.25, 0.3) is 0 Å². The van der Waals surface area contributed by atoms with Crippen molar-refractivity contribution in [1.29, 1.82) is 0 Å². The third kappa shape index (κ3) is 1.97. The van der Waals surface area contributed by atoms with Crippen LogP contribution in [0, 0.1) is 12.7 Å². The van der Waals surface area contributed by atoms with Gasteiger partial charge in [-0.3, -0.25) is 0 Å². The molecule has 3 rings (SSSR count). The van der Waals surface area contributed by atoms with E-state index in [1.807, 2.05) is 11.5 Å². The lowest BCUT2D eigenvalue weighted by Crippen LogP contribution is -2.18. The summed E-state index contributed by atoms with van der Waals surface area (Å²) in [6.07, 6.45) is 2.97. The first-order chi connectivity index (χ1) is 9.09. The van der Waals surface area contributed by atoms with Crippen molar-refractivity contribution in [3.05, 3.63) is 52.1 Å². The number of aryl methyl sites for hydroxylation is 1. The molecule has 0 spiro atoms. The minimum atomic E-state index is -0.371. The normalized spacial score (nSPS) is 18.4. The lowest BCUT2D eigenvalue weighted by Gasteiger charge is -2.21. The zero-order chi connectivity index (χ0) is 13.6. The SMILES string of the molecule is Cc1cc2c(n1-c1cccc(Cl)c1F)CCCC2N. The summed E-state index contributed by atoms with van der Waals surface area (Å²) < 4.78 is 16.2. The molecule has 2 nitrogen and oxygen atoms in total. The highest BCUT2D eigenvalue weighted by molar-refractivity contribution is 6.30. The van der Waals surface area contributed by atoms with Crippen LogP contribution in [0.2, 0.25) is 5.02 Å². The number of benzene rings is 1. The van der Waals surface area contributed by atoms with Gasteiger partial charge in [0, 0.05) is 17.4 Å². The molecule has 1 aromatic carbocycles. The minimum Gasteiger partial charge on any atom is -0.324 e. The second kappa shape index (κ2) is 4.66. The number of halogens is 2. The Morgan fingerprint density at radius 3 is 3.00 bits per heavy atom. The number of hydrogen-bond acceptors (Lipinski definition) is 1. The van der Waals surface area contributed by atoms with Crippen molar-refractivity contribution in [3.63, 3.8) is 0 Å². The predicted molar refractivity (Wildman–Crippen MR) is 75.3 cm³/mol. The standard InChI is InChI=1S/C15H16ClFN2/c1-9-8-10-12(18)5-3-6-13(10)19(9)14-7-2-4-11(16)15(14)17/h2,4,7-8,12H,3,5-6,18H2,1H3. The Hall–Kier alpha value is -1.32. The highest BCUT2D eigenvalue weighted by atomic mass is 35.5. The smallest absolute Gasteiger partial charge is 0.165 e. The molecule has 19 heavy (non-hydrogen) atoms. The van der Waals surface area contributed by atoms with Crippen molar-refractivity contribution >= 4 is 11.6 Å². The van der Waals surface area contributed by atoms with E-state index in [1.165, 1.54) is 0 Å². The van der Waals surface area contributed by atoms with E-state index in [1.54, 1.807) is 18.2 Å². The van der Waals surface area contributed by atoms with Crippen molar-refractivity contribution in [2.24, 2.45) is 5.73 Å². The first-order valence-electron chi connectivity index (χ1n) is 6.50. The van der Waals surface area contributed by atoms with E-state index in [9.17, 15) is 4.39 Å². The summed E-state index contributed by atoms with van der Waals surface area (Å²) in [5.74, 6) is -0.371. The molecule has 1 aliphatic rings. The molecule has 4 heteroatoms. The molecule has 0 saturated heterocycles. The minimum absolute atomic E-state index is 0.0611. The summed E-state index contributed by atoms with van der Waals surface area (Å²) in [4.78, 5) is 0. The van der Waals surface area contributed by atoms with Crippen LogP contribution in [0.5, 0.6) is 0 Å². The molecule has 0 aliphatic heterocycles. The van der Waals surface area contributed by atoms with Crippen molar-refractivity contribution in [2.75, 3.05) is 0 Å². The summed E-state index contributed by atoms with van der Waals surface area (Å²) in [5, 5.41) is 0.152. The van der Waals surface area contributed by atoms with E-state index in [-0.39, 0.29) is 16.9 Å². The third-order valence-corrected chi connectivity index (χ3v) is 4.11. The van der Waals surface area contributed by atoms with Gasteiger partial charge in [-0.15, -0.1) is 0 Å². The predicted octanol–water partition coefficient (Wildman–Crippen LogP) is 3.91. The number of fused-ring (bicyclic) bond motifs is 1. The van der Waals surface area contributed by atoms with Gasteiger partial charge in [-0.2, -0.15) is 0 Å². The maximum Gasteiger partial charge on any atom is 0.165 e. The second-order valence-corrected chi connectivity index (χ2v) is 5.50. The van der Waals surface area contributed by atoms with Gasteiger partial charge in [0.2, 0.25) is 0 Å². The average Bonchev–Trinajstić information content (AvgIpc) is 2.71. The molecule has 1 aromatic heterocycles. The van der Waals surface area contributed by atoms with Crippen LogP contribution in [0.1, 0.15) is 35.8 Å². The van der Waals surface area contributed by atoms with E-state index in [2.05, 4.69) is 6.07 Å². The fourth-order valence-corrected chi connectivity index (χ4v) is 3.11. The highest BCUT2D eigenvalue weighted by Gasteiger charge is 2.24. The van der Waals surface area contributed by atoms with E-state index in [0.717, 1.165) is 36.2 Å². The van der Waals surface area contributed by atoms with Gasteiger partial charge in [0.15, 0.2) is 5.82 Å². The maximum atomic E-state index is 14.2. The third-order valence-electron chi connectivity index (χ3n) is 3.82. The Morgan fingerprint density at radius 2 is 2.21 bits per heavy atom. The van der Waals surface area contributed by atoms with Crippen LogP contribution in [0.3, 0.4) is 0 Å².